The van der Waals surface area contributed by atoms with E-state index in [-0.39, 0.29) is 26.1 Å². The molecule has 0 amide bonds. The first-order valence-electron chi connectivity index (χ1n) is 9.38. The second-order valence-electron chi connectivity index (χ2n) is 6.22. The van der Waals surface area contributed by atoms with E-state index in [0.29, 0.717) is 6.42 Å². The van der Waals surface area contributed by atoms with Crippen LogP contribution < -0.4 is 9.79 Å². The standard InChI is InChI=1S/C18H37O4P.Zn/c1-2-3-4-5-6-7-8-9-10-11-12-13-14-15-16-17-18-22-23(19,20)21;/h9-10H,2-8,11-18H2,1H3,(H2,19,20,21);/q;+2/p-2/b10-9-;. The van der Waals surface area contributed by atoms with Gasteiger partial charge in [-0.3, -0.25) is 0 Å². The summed E-state index contributed by atoms with van der Waals surface area (Å²) in [5.41, 5.74) is 0. The Morgan fingerprint density at radius 2 is 1.17 bits per heavy atom. The van der Waals surface area contributed by atoms with Gasteiger partial charge in [0.1, 0.15) is 0 Å². The predicted octanol–water partition coefficient (Wildman–Crippen LogP) is 4.87. The van der Waals surface area contributed by atoms with Crippen molar-refractivity contribution in [2.45, 2.75) is 96.8 Å². The summed E-state index contributed by atoms with van der Waals surface area (Å²) in [7, 11) is -4.76. The first kappa shape index (κ1) is 26.7. The van der Waals surface area contributed by atoms with Crippen molar-refractivity contribution in [2.75, 3.05) is 6.61 Å². The molecule has 0 aromatic heterocycles. The van der Waals surface area contributed by atoms with E-state index in [0.717, 1.165) is 25.7 Å². The van der Waals surface area contributed by atoms with Crippen molar-refractivity contribution in [1.82, 2.24) is 0 Å². The second kappa shape index (κ2) is 19.8. The number of hydrogen-bond acceptors (Lipinski definition) is 4. The minimum atomic E-state index is -4.76. The average Bonchev–Trinajstić information content (AvgIpc) is 2.49. The smallest absolute Gasteiger partial charge is 0.790 e. The Bertz CT molecular complexity index is 318. The summed E-state index contributed by atoms with van der Waals surface area (Å²) in [5, 5.41) is 0. The molecule has 0 spiro atoms. The number of phosphoric acid groups is 1. The summed E-state index contributed by atoms with van der Waals surface area (Å²) in [6, 6.07) is 0. The van der Waals surface area contributed by atoms with Gasteiger partial charge >= 0.3 is 19.5 Å². The van der Waals surface area contributed by atoms with Crippen LogP contribution >= 0.6 is 7.82 Å². The van der Waals surface area contributed by atoms with Crippen LogP contribution in [0.3, 0.4) is 0 Å². The van der Waals surface area contributed by atoms with Crippen LogP contribution in [0.4, 0.5) is 0 Å². The molecule has 0 saturated carbocycles. The third-order valence-electron chi connectivity index (χ3n) is 3.91. The number of unbranched alkanes of at least 4 members (excludes halogenated alkanes) is 12. The first-order valence-corrected chi connectivity index (χ1v) is 10.8. The topological polar surface area (TPSA) is 72.4 Å². The normalized spacial score (nSPS) is 11.8. The third-order valence-corrected chi connectivity index (χ3v) is 4.40. The fourth-order valence-electron chi connectivity index (χ4n) is 2.53. The van der Waals surface area contributed by atoms with E-state index < -0.39 is 7.82 Å². The molecule has 138 valence electrons. The van der Waals surface area contributed by atoms with Crippen molar-refractivity contribution in [3.63, 3.8) is 0 Å². The Morgan fingerprint density at radius 3 is 1.62 bits per heavy atom. The van der Waals surface area contributed by atoms with Crippen LogP contribution in [0.1, 0.15) is 96.8 Å². The largest absolute Gasteiger partial charge is 2.00 e. The van der Waals surface area contributed by atoms with Gasteiger partial charge in [0.15, 0.2) is 0 Å². The van der Waals surface area contributed by atoms with Crippen LogP contribution in [0.25, 0.3) is 0 Å². The Labute approximate surface area is 161 Å². The van der Waals surface area contributed by atoms with E-state index in [1.807, 2.05) is 0 Å². The molecule has 0 bridgehead atoms. The van der Waals surface area contributed by atoms with Crippen molar-refractivity contribution in [1.29, 1.82) is 0 Å². The quantitative estimate of drug-likeness (QED) is 0.148. The Morgan fingerprint density at radius 1 is 0.750 bits per heavy atom. The summed E-state index contributed by atoms with van der Waals surface area (Å²) in [6.07, 6.45) is 21.4. The maximum Gasteiger partial charge on any atom is 2.00 e. The molecule has 0 fully saturated rings. The van der Waals surface area contributed by atoms with E-state index in [9.17, 15) is 14.4 Å². The van der Waals surface area contributed by atoms with Gasteiger partial charge < -0.3 is 18.9 Å². The maximum atomic E-state index is 10.2. The molecule has 0 heterocycles. The van der Waals surface area contributed by atoms with Gasteiger partial charge in [0.25, 0.3) is 0 Å². The van der Waals surface area contributed by atoms with Crippen molar-refractivity contribution < 1.29 is 38.4 Å². The van der Waals surface area contributed by atoms with Gasteiger partial charge in [0.05, 0.1) is 14.4 Å². The van der Waals surface area contributed by atoms with E-state index >= 15 is 0 Å². The van der Waals surface area contributed by atoms with E-state index in [1.54, 1.807) is 0 Å². The number of hydrogen-bond donors (Lipinski definition) is 0. The van der Waals surface area contributed by atoms with Gasteiger partial charge in [-0.05, 0) is 32.1 Å². The molecule has 0 aromatic carbocycles. The van der Waals surface area contributed by atoms with E-state index in [1.165, 1.54) is 57.8 Å². The zero-order valence-corrected chi connectivity index (χ0v) is 19.4. The van der Waals surface area contributed by atoms with Gasteiger partial charge in [0.2, 0.25) is 0 Å². The molecule has 4 nitrogen and oxygen atoms in total. The minimum Gasteiger partial charge on any atom is -0.790 e. The van der Waals surface area contributed by atoms with Crippen LogP contribution in [-0.4, -0.2) is 6.61 Å². The van der Waals surface area contributed by atoms with Crippen molar-refractivity contribution in [3.05, 3.63) is 12.2 Å². The SMILES string of the molecule is CCCCCCCC/C=C\CCCCCCCCOP(=O)([O-])[O-].[Zn+2]. The minimum absolute atomic E-state index is 0. The molecular formula is C18H35O4PZn. The molecule has 0 N–H and O–H groups in total. The van der Waals surface area contributed by atoms with Crippen molar-refractivity contribution in [2.24, 2.45) is 0 Å². The van der Waals surface area contributed by atoms with Crippen LogP contribution in [-0.2, 0) is 28.6 Å². The average molecular weight is 412 g/mol. The van der Waals surface area contributed by atoms with Crippen LogP contribution in [0.5, 0.6) is 0 Å². The van der Waals surface area contributed by atoms with Crippen LogP contribution in [0.2, 0.25) is 0 Å². The second-order valence-corrected chi connectivity index (χ2v) is 7.37. The Hall–Kier alpha value is 0.473. The van der Waals surface area contributed by atoms with Crippen molar-refractivity contribution >= 4 is 7.82 Å². The van der Waals surface area contributed by atoms with Gasteiger partial charge in [-0.15, -0.1) is 0 Å². The molecule has 0 saturated heterocycles. The molecule has 24 heavy (non-hydrogen) atoms. The molecular weight excluding hydrogens is 377 g/mol. The summed E-state index contributed by atoms with van der Waals surface area (Å²) in [6.45, 7) is 2.28. The number of phosphoric ester groups is 1. The van der Waals surface area contributed by atoms with Crippen molar-refractivity contribution in [3.8, 4) is 0 Å². The molecule has 0 aliphatic rings. The molecule has 0 radical (unpaired) electrons. The molecule has 0 aliphatic heterocycles. The van der Waals surface area contributed by atoms with E-state index in [4.69, 9.17) is 0 Å². The zero-order chi connectivity index (χ0) is 17.2. The molecule has 0 aliphatic carbocycles. The van der Waals surface area contributed by atoms with Crippen LogP contribution in [0, 0.1) is 0 Å². The van der Waals surface area contributed by atoms with Gasteiger partial charge in [-0.1, -0.05) is 76.9 Å². The Balaban J connectivity index is 0. The van der Waals surface area contributed by atoms with E-state index in [2.05, 4.69) is 23.6 Å². The molecule has 6 heteroatoms. The fourth-order valence-corrected chi connectivity index (χ4v) is 2.88. The summed E-state index contributed by atoms with van der Waals surface area (Å²) >= 11 is 0. The van der Waals surface area contributed by atoms with Crippen LogP contribution in [0.15, 0.2) is 12.2 Å². The molecule has 0 atom stereocenters. The molecule has 0 rings (SSSR count). The summed E-state index contributed by atoms with van der Waals surface area (Å²) in [5.74, 6) is 0. The fraction of sp³-hybridized carbons (Fsp3) is 0.889. The monoisotopic (exact) mass is 410 g/mol. The van der Waals surface area contributed by atoms with Gasteiger partial charge in [-0.25, -0.2) is 0 Å². The summed E-state index contributed by atoms with van der Waals surface area (Å²) < 4.78 is 14.4. The van der Waals surface area contributed by atoms with Gasteiger partial charge in [0, 0.05) is 0 Å². The number of rotatable bonds is 17. The third kappa shape index (κ3) is 24.7. The molecule has 0 aromatic rings. The number of allylic oxidation sites excluding steroid dienone is 2. The molecule has 0 unspecified atom stereocenters. The Kier molecular flexibility index (Phi) is 22.0. The van der Waals surface area contributed by atoms with Gasteiger partial charge in [-0.2, -0.15) is 0 Å². The summed E-state index contributed by atoms with van der Waals surface area (Å²) in [4.78, 5) is 20.5. The predicted molar refractivity (Wildman–Crippen MR) is 93.0 cm³/mol. The first-order chi connectivity index (χ1) is 11.1. The zero-order valence-electron chi connectivity index (χ0n) is 15.5. The maximum absolute atomic E-state index is 10.2.